The Labute approximate surface area is 113 Å². The Morgan fingerprint density at radius 1 is 1.42 bits per heavy atom. The van der Waals surface area contributed by atoms with Gasteiger partial charge in [0.2, 0.25) is 5.91 Å². The molecule has 4 heteroatoms. The molecule has 19 heavy (non-hydrogen) atoms. The number of nitrogens with one attached hydrogen (secondary N) is 1. The topological polar surface area (TPSA) is 35.6 Å². The van der Waals surface area contributed by atoms with Gasteiger partial charge in [-0.25, -0.2) is 0 Å². The summed E-state index contributed by atoms with van der Waals surface area (Å²) in [5, 5.41) is 3.01. The second-order valence-corrected chi connectivity index (χ2v) is 5.78. The van der Waals surface area contributed by atoms with Gasteiger partial charge >= 0.3 is 0 Å². The lowest BCUT2D eigenvalue weighted by Gasteiger charge is -2.39. The normalized spacial score (nSPS) is 28.9. The summed E-state index contributed by atoms with van der Waals surface area (Å²) in [4.78, 5) is 16.7. The van der Waals surface area contributed by atoms with E-state index in [1.165, 1.54) is 17.7 Å². The molecule has 1 amide bonds. The van der Waals surface area contributed by atoms with E-state index < -0.39 is 0 Å². The summed E-state index contributed by atoms with van der Waals surface area (Å²) in [6.07, 6.45) is 1.17. The van der Waals surface area contributed by atoms with Crippen molar-refractivity contribution in [3.8, 4) is 0 Å². The highest BCUT2D eigenvalue weighted by atomic mass is 16.2. The van der Waals surface area contributed by atoms with Crippen LogP contribution in [0.5, 0.6) is 0 Å². The molecule has 1 saturated heterocycles. The van der Waals surface area contributed by atoms with Gasteiger partial charge in [-0.05, 0) is 24.6 Å². The van der Waals surface area contributed by atoms with Crippen LogP contribution in [0.25, 0.3) is 0 Å². The zero-order chi connectivity index (χ0) is 13.0. The lowest BCUT2D eigenvalue weighted by Crippen LogP contribution is -2.49. The van der Waals surface area contributed by atoms with E-state index in [4.69, 9.17) is 0 Å². The van der Waals surface area contributed by atoms with Crippen LogP contribution in [0.15, 0.2) is 18.2 Å². The Hall–Kier alpha value is -1.55. The number of anilines is 2. The molecular formula is C15H19N3O. The number of amides is 1. The number of fused-ring (bicyclic) bond motifs is 3. The van der Waals surface area contributed by atoms with E-state index >= 15 is 0 Å². The van der Waals surface area contributed by atoms with Gasteiger partial charge in [0.05, 0.1) is 17.9 Å². The number of hydrogen-bond donors (Lipinski definition) is 1. The van der Waals surface area contributed by atoms with Crippen LogP contribution in [0, 0.1) is 0 Å². The van der Waals surface area contributed by atoms with Crippen LogP contribution < -0.4 is 10.2 Å². The van der Waals surface area contributed by atoms with Gasteiger partial charge in [0, 0.05) is 25.0 Å². The Morgan fingerprint density at radius 2 is 2.32 bits per heavy atom. The maximum absolute atomic E-state index is 11.9. The van der Waals surface area contributed by atoms with E-state index in [9.17, 15) is 4.79 Å². The summed E-state index contributed by atoms with van der Waals surface area (Å²) in [7, 11) is 0. The highest BCUT2D eigenvalue weighted by Gasteiger charge is 2.44. The highest BCUT2D eigenvalue weighted by Crippen LogP contribution is 2.49. The first-order valence-electron chi connectivity index (χ1n) is 7.19. The number of carbonyl (C=O) groups is 1. The van der Waals surface area contributed by atoms with Gasteiger partial charge in [-0.2, -0.15) is 0 Å². The molecule has 1 aromatic carbocycles. The van der Waals surface area contributed by atoms with Gasteiger partial charge in [0.1, 0.15) is 0 Å². The Morgan fingerprint density at radius 3 is 3.16 bits per heavy atom. The molecule has 4 rings (SSSR count). The third-order valence-corrected chi connectivity index (χ3v) is 4.85. The number of para-hydroxylation sites is 1. The average molecular weight is 257 g/mol. The van der Waals surface area contributed by atoms with Crippen molar-refractivity contribution in [1.29, 1.82) is 0 Å². The van der Waals surface area contributed by atoms with Crippen LogP contribution in [0.4, 0.5) is 11.4 Å². The quantitative estimate of drug-likeness (QED) is 0.830. The fourth-order valence-corrected chi connectivity index (χ4v) is 3.96. The number of rotatable bonds is 1. The molecule has 3 aliphatic heterocycles. The van der Waals surface area contributed by atoms with Crippen molar-refractivity contribution < 1.29 is 4.79 Å². The maximum Gasteiger partial charge on any atom is 0.243 e. The van der Waals surface area contributed by atoms with Crippen LogP contribution in [-0.2, 0) is 4.79 Å². The van der Waals surface area contributed by atoms with Crippen molar-refractivity contribution in [3.63, 3.8) is 0 Å². The smallest absolute Gasteiger partial charge is 0.243 e. The van der Waals surface area contributed by atoms with Gasteiger partial charge in [0.25, 0.3) is 0 Å². The molecule has 4 nitrogen and oxygen atoms in total. The summed E-state index contributed by atoms with van der Waals surface area (Å²) in [5.74, 6) is 0.694. The third kappa shape index (κ3) is 1.53. The highest BCUT2D eigenvalue weighted by molar-refractivity contribution is 6.03. The van der Waals surface area contributed by atoms with E-state index in [2.05, 4.69) is 34.2 Å². The first-order chi connectivity index (χ1) is 9.28. The summed E-state index contributed by atoms with van der Waals surface area (Å²) in [6, 6.07) is 6.86. The second-order valence-electron chi connectivity index (χ2n) is 5.78. The van der Waals surface area contributed by atoms with Crippen molar-refractivity contribution in [3.05, 3.63) is 23.8 Å². The molecule has 1 aromatic rings. The molecule has 0 spiro atoms. The predicted octanol–water partition coefficient (Wildman–Crippen LogP) is 1.64. The molecule has 0 bridgehead atoms. The monoisotopic (exact) mass is 257 g/mol. The van der Waals surface area contributed by atoms with Crippen molar-refractivity contribution >= 4 is 17.3 Å². The Balaban J connectivity index is 1.80. The van der Waals surface area contributed by atoms with Gasteiger partial charge in [-0.1, -0.05) is 19.1 Å². The van der Waals surface area contributed by atoms with E-state index in [0.717, 1.165) is 25.3 Å². The number of hydrogen-bond acceptors (Lipinski definition) is 3. The van der Waals surface area contributed by atoms with Crippen LogP contribution in [0.2, 0.25) is 0 Å². The average Bonchev–Trinajstić information content (AvgIpc) is 2.74. The SMILES string of the molecule is CCN1CCC2C(C1)c1cccc3c1N2CC(=O)N3. The van der Waals surface area contributed by atoms with Gasteiger partial charge in [-0.15, -0.1) is 0 Å². The molecule has 100 valence electrons. The van der Waals surface area contributed by atoms with Crippen molar-refractivity contribution in [2.45, 2.75) is 25.3 Å². The summed E-state index contributed by atoms with van der Waals surface area (Å²) < 4.78 is 0. The largest absolute Gasteiger partial charge is 0.357 e. The van der Waals surface area contributed by atoms with Crippen LogP contribution in [0.3, 0.4) is 0 Å². The van der Waals surface area contributed by atoms with Gasteiger partial charge < -0.3 is 15.1 Å². The molecule has 1 N–H and O–H groups in total. The summed E-state index contributed by atoms with van der Waals surface area (Å²) >= 11 is 0. The Kier molecular flexibility index (Phi) is 2.36. The predicted molar refractivity (Wildman–Crippen MR) is 75.7 cm³/mol. The zero-order valence-corrected chi connectivity index (χ0v) is 11.2. The molecule has 3 aliphatic rings. The summed E-state index contributed by atoms with van der Waals surface area (Å²) in [5.41, 5.74) is 3.72. The van der Waals surface area contributed by atoms with E-state index in [1.807, 2.05) is 6.07 Å². The van der Waals surface area contributed by atoms with Crippen molar-refractivity contribution in [1.82, 2.24) is 4.90 Å². The molecule has 1 fully saturated rings. The maximum atomic E-state index is 11.9. The van der Waals surface area contributed by atoms with E-state index in [-0.39, 0.29) is 5.91 Å². The third-order valence-electron chi connectivity index (χ3n) is 4.85. The lowest BCUT2D eigenvalue weighted by atomic mass is 9.89. The molecule has 2 unspecified atom stereocenters. The molecule has 2 atom stereocenters. The minimum absolute atomic E-state index is 0.128. The molecule has 0 radical (unpaired) electrons. The Bertz CT molecular complexity index is 542. The van der Waals surface area contributed by atoms with E-state index in [1.54, 1.807) is 0 Å². The minimum atomic E-state index is 0.128. The lowest BCUT2D eigenvalue weighted by molar-refractivity contribution is -0.115. The number of benzene rings is 1. The van der Waals surface area contributed by atoms with Crippen molar-refractivity contribution in [2.75, 3.05) is 36.4 Å². The standard InChI is InChI=1S/C15H19N3O/c1-2-17-7-6-13-11(8-17)10-4-3-5-12-15(10)18(13)9-14(19)16-12/h3-5,11,13H,2,6-9H2,1H3,(H,16,19). The number of likely N-dealkylation sites (N-methyl/N-ethyl adjacent to an activating group) is 1. The fraction of sp³-hybridized carbons (Fsp3) is 0.533. The van der Waals surface area contributed by atoms with Gasteiger partial charge in [-0.3, -0.25) is 4.79 Å². The zero-order valence-electron chi connectivity index (χ0n) is 11.2. The first-order valence-corrected chi connectivity index (χ1v) is 7.19. The summed E-state index contributed by atoms with van der Waals surface area (Å²) in [6.45, 7) is 6.15. The molecular weight excluding hydrogens is 238 g/mol. The number of likely N-dealkylation sites (tertiary alicyclic amines) is 1. The fourth-order valence-electron chi connectivity index (χ4n) is 3.96. The number of nitrogens with zero attached hydrogens (tertiary/aromatic N) is 2. The van der Waals surface area contributed by atoms with Crippen LogP contribution >= 0.6 is 0 Å². The van der Waals surface area contributed by atoms with Crippen molar-refractivity contribution in [2.24, 2.45) is 0 Å². The van der Waals surface area contributed by atoms with Crippen LogP contribution in [-0.4, -0.2) is 43.0 Å². The molecule has 0 aliphatic carbocycles. The second kappa shape index (κ2) is 3.97. The van der Waals surface area contributed by atoms with E-state index in [0.29, 0.717) is 18.5 Å². The number of piperidine rings is 1. The molecule has 3 heterocycles. The molecule has 0 saturated carbocycles. The van der Waals surface area contributed by atoms with Gasteiger partial charge in [0.15, 0.2) is 0 Å². The minimum Gasteiger partial charge on any atom is -0.357 e. The first kappa shape index (κ1) is 11.3. The number of carbonyl (C=O) groups excluding carboxylic acids is 1. The van der Waals surface area contributed by atoms with Crippen LogP contribution in [0.1, 0.15) is 24.8 Å². The molecule has 0 aromatic heterocycles.